The minimum Gasteiger partial charge on any atom is -0.467 e. The minimum absolute atomic E-state index is 0.146. The Morgan fingerprint density at radius 1 is 1.32 bits per heavy atom. The first kappa shape index (κ1) is 21.1. The van der Waals surface area contributed by atoms with E-state index in [0.717, 1.165) is 25.7 Å². The number of furan rings is 1. The van der Waals surface area contributed by atoms with Gasteiger partial charge in [0.1, 0.15) is 17.0 Å². The van der Waals surface area contributed by atoms with Crippen LogP contribution in [0.5, 0.6) is 0 Å². The lowest BCUT2D eigenvalue weighted by atomic mass is 9.92. The molecule has 9 heteroatoms. The molecule has 1 atom stereocenters. The molecule has 0 bridgehead atoms. The zero-order chi connectivity index (χ0) is 22.2. The Hall–Kier alpha value is -3.10. The van der Waals surface area contributed by atoms with Gasteiger partial charge in [-0.05, 0) is 31.9 Å². The first-order chi connectivity index (χ1) is 14.8. The summed E-state index contributed by atoms with van der Waals surface area (Å²) in [6.07, 6.45) is 6.90. The number of nitrogens with one attached hydrogen (secondary N) is 1. The quantitative estimate of drug-likeness (QED) is 0.787. The van der Waals surface area contributed by atoms with E-state index in [1.54, 1.807) is 39.4 Å². The average molecular weight is 428 g/mol. The van der Waals surface area contributed by atoms with Gasteiger partial charge in [-0.25, -0.2) is 0 Å². The van der Waals surface area contributed by atoms with E-state index >= 15 is 0 Å². The van der Waals surface area contributed by atoms with Gasteiger partial charge in [0.25, 0.3) is 11.8 Å². The topological polar surface area (TPSA) is 101 Å². The van der Waals surface area contributed by atoms with Crippen molar-refractivity contribution in [2.24, 2.45) is 0 Å². The second kappa shape index (κ2) is 8.20. The highest BCUT2D eigenvalue weighted by Gasteiger charge is 2.46. The number of nitrogens with zero attached hydrogens (tertiary/aromatic N) is 4. The van der Waals surface area contributed by atoms with Crippen LogP contribution < -0.4 is 5.32 Å². The van der Waals surface area contributed by atoms with Crippen LogP contribution in [0, 0.1) is 0 Å². The number of rotatable bonds is 5. The van der Waals surface area contributed by atoms with E-state index in [9.17, 15) is 14.4 Å². The third-order valence-corrected chi connectivity index (χ3v) is 6.47. The number of likely N-dealkylation sites (N-methyl/N-ethyl adjacent to an activating group) is 1. The molecule has 9 nitrogen and oxygen atoms in total. The summed E-state index contributed by atoms with van der Waals surface area (Å²) in [6, 6.07) is 5.19. The van der Waals surface area contributed by atoms with Gasteiger partial charge in [-0.3, -0.25) is 19.1 Å². The zero-order valence-electron chi connectivity index (χ0n) is 18.3. The van der Waals surface area contributed by atoms with Gasteiger partial charge >= 0.3 is 0 Å². The van der Waals surface area contributed by atoms with Crippen LogP contribution in [0.15, 0.2) is 28.9 Å². The summed E-state index contributed by atoms with van der Waals surface area (Å²) < 4.78 is 6.78. The number of carbonyl (C=O) groups excluding carboxylic acids is 3. The fraction of sp³-hybridized carbons (Fsp3) is 0.545. The van der Waals surface area contributed by atoms with E-state index in [1.807, 2.05) is 0 Å². The molecule has 0 radical (unpaired) electrons. The van der Waals surface area contributed by atoms with Gasteiger partial charge in [0.05, 0.1) is 19.4 Å². The van der Waals surface area contributed by atoms with Crippen molar-refractivity contribution in [2.45, 2.75) is 63.7 Å². The van der Waals surface area contributed by atoms with E-state index in [1.165, 1.54) is 27.0 Å². The molecule has 0 aromatic carbocycles. The van der Waals surface area contributed by atoms with Crippen LogP contribution in [0.1, 0.15) is 65.8 Å². The van der Waals surface area contributed by atoms with Gasteiger partial charge in [-0.2, -0.15) is 5.10 Å². The number of hydrogen-bond acceptors (Lipinski definition) is 5. The Balaban J connectivity index is 1.52. The largest absolute Gasteiger partial charge is 0.467 e. The Labute approximate surface area is 181 Å². The molecule has 1 N–H and O–H groups in total. The van der Waals surface area contributed by atoms with E-state index in [4.69, 9.17) is 4.42 Å². The maximum Gasteiger partial charge on any atom is 0.274 e. The van der Waals surface area contributed by atoms with Crippen molar-refractivity contribution in [3.8, 4) is 0 Å². The molecule has 1 fully saturated rings. The number of hydrogen-bond donors (Lipinski definition) is 1. The molecule has 1 aliphatic carbocycles. The standard InChI is InChI=1S/C22H29N5O4/c1-22(21(30)23-15-8-5-4-6-9-15)14-27-18(20(29)26(22)3)12-17(24-27)19(28)25(2)13-16-10-7-11-31-16/h7,10-12,15H,4-6,8-9,13-14H2,1-3H3,(H,23,30)/t22-/m0/s1. The van der Waals surface area contributed by atoms with Gasteiger partial charge in [-0.15, -0.1) is 0 Å². The van der Waals surface area contributed by atoms with Crippen molar-refractivity contribution in [2.75, 3.05) is 14.1 Å². The average Bonchev–Trinajstić information content (AvgIpc) is 3.42. The van der Waals surface area contributed by atoms with E-state index in [0.29, 0.717) is 18.0 Å². The van der Waals surface area contributed by atoms with Crippen LogP contribution >= 0.6 is 0 Å². The van der Waals surface area contributed by atoms with Gasteiger partial charge < -0.3 is 19.5 Å². The van der Waals surface area contributed by atoms with E-state index < -0.39 is 5.54 Å². The van der Waals surface area contributed by atoms with Crippen molar-refractivity contribution in [1.29, 1.82) is 0 Å². The lowest BCUT2D eigenvalue weighted by molar-refractivity contribution is -0.133. The highest BCUT2D eigenvalue weighted by atomic mass is 16.3. The summed E-state index contributed by atoms with van der Waals surface area (Å²) in [5, 5.41) is 7.50. The molecule has 0 spiro atoms. The lowest BCUT2D eigenvalue weighted by Crippen LogP contribution is -2.63. The lowest BCUT2D eigenvalue weighted by Gasteiger charge is -2.41. The highest BCUT2D eigenvalue weighted by Crippen LogP contribution is 2.27. The summed E-state index contributed by atoms with van der Waals surface area (Å²) in [6.45, 7) is 2.24. The van der Waals surface area contributed by atoms with Crippen LogP contribution in [-0.2, 0) is 17.9 Å². The minimum atomic E-state index is -1.08. The first-order valence-electron chi connectivity index (χ1n) is 10.7. The predicted octanol–water partition coefficient (Wildman–Crippen LogP) is 2.04. The highest BCUT2D eigenvalue weighted by molar-refractivity contribution is 6.01. The molecule has 1 aliphatic heterocycles. The molecule has 166 valence electrons. The molecule has 4 rings (SSSR count). The summed E-state index contributed by atoms with van der Waals surface area (Å²) in [4.78, 5) is 42.0. The fourth-order valence-corrected chi connectivity index (χ4v) is 4.32. The summed E-state index contributed by atoms with van der Waals surface area (Å²) >= 11 is 0. The van der Waals surface area contributed by atoms with Crippen LogP contribution in [0.2, 0.25) is 0 Å². The van der Waals surface area contributed by atoms with Crippen LogP contribution in [0.3, 0.4) is 0 Å². The van der Waals surface area contributed by atoms with Gasteiger partial charge in [-0.1, -0.05) is 19.3 Å². The molecular weight excluding hydrogens is 398 g/mol. The third-order valence-electron chi connectivity index (χ3n) is 6.47. The maximum absolute atomic E-state index is 13.1. The number of aromatic nitrogens is 2. The summed E-state index contributed by atoms with van der Waals surface area (Å²) in [5.41, 5.74) is -0.601. The van der Waals surface area contributed by atoms with Crippen molar-refractivity contribution in [3.05, 3.63) is 41.6 Å². The zero-order valence-corrected chi connectivity index (χ0v) is 18.3. The van der Waals surface area contributed by atoms with E-state index in [-0.39, 0.29) is 36.0 Å². The summed E-state index contributed by atoms with van der Waals surface area (Å²) in [5.74, 6) is -0.170. The molecule has 0 unspecified atom stereocenters. The molecule has 3 amide bonds. The SMILES string of the molecule is CN(Cc1ccco1)C(=O)c1cc2n(n1)C[C@@](C)(C(=O)NC1CCCCC1)N(C)C2=O. The van der Waals surface area contributed by atoms with Crippen molar-refractivity contribution in [3.63, 3.8) is 0 Å². The summed E-state index contributed by atoms with van der Waals surface area (Å²) in [7, 11) is 3.28. The monoisotopic (exact) mass is 427 g/mol. The predicted molar refractivity (Wildman–Crippen MR) is 112 cm³/mol. The van der Waals surface area contributed by atoms with Crippen LogP contribution in [-0.4, -0.2) is 63.0 Å². The number of fused-ring (bicyclic) bond motifs is 1. The molecular formula is C22H29N5O4. The van der Waals surface area contributed by atoms with Crippen molar-refractivity contribution in [1.82, 2.24) is 24.9 Å². The molecule has 2 aliphatic rings. The first-order valence-corrected chi connectivity index (χ1v) is 10.7. The van der Waals surface area contributed by atoms with Gasteiger partial charge in [0.15, 0.2) is 5.69 Å². The van der Waals surface area contributed by atoms with Crippen molar-refractivity contribution < 1.29 is 18.8 Å². The fourth-order valence-electron chi connectivity index (χ4n) is 4.32. The molecule has 1 saturated carbocycles. The van der Waals surface area contributed by atoms with E-state index in [2.05, 4.69) is 10.4 Å². The Morgan fingerprint density at radius 2 is 2.06 bits per heavy atom. The molecule has 31 heavy (non-hydrogen) atoms. The number of amides is 3. The van der Waals surface area contributed by atoms with Gasteiger partial charge in [0.2, 0.25) is 5.91 Å². The van der Waals surface area contributed by atoms with Gasteiger partial charge in [0, 0.05) is 26.2 Å². The van der Waals surface area contributed by atoms with Crippen molar-refractivity contribution >= 4 is 17.7 Å². The normalized spacial score (nSPS) is 21.6. The Kier molecular flexibility index (Phi) is 5.60. The third kappa shape index (κ3) is 3.96. The molecule has 0 saturated heterocycles. The molecule has 2 aromatic rings. The molecule has 2 aromatic heterocycles. The Bertz CT molecular complexity index is 976. The van der Waals surface area contributed by atoms with Crippen LogP contribution in [0.25, 0.3) is 0 Å². The second-order valence-corrected chi connectivity index (χ2v) is 8.76. The smallest absolute Gasteiger partial charge is 0.274 e. The second-order valence-electron chi connectivity index (χ2n) is 8.76. The number of carbonyl (C=O) groups is 3. The molecule has 3 heterocycles. The Morgan fingerprint density at radius 3 is 2.74 bits per heavy atom. The maximum atomic E-state index is 13.1. The van der Waals surface area contributed by atoms with Crippen LogP contribution in [0.4, 0.5) is 0 Å².